The minimum absolute atomic E-state index is 0.0593. The van der Waals surface area contributed by atoms with E-state index in [1.54, 1.807) is 7.11 Å². The summed E-state index contributed by atoms with van der Waals surface area (Å²) in [4.78, 5) is 0. The molecule has 3 nitrogen and oxygen atoms in total. The Hall–Kier alpha value is -0.120. The normalized spacial score (nSPS) is 13.4. The molecule has 0 bridgehead atoms. The first-order valence-corrected chi connectivity index (χ1v) is 4.66. The van der Waals surface area contributed by atoms with Crippen molar-refractivity contribution in [2.24, 2.45) is 11.1 Å². The van der Waals surface area contributed by atoms with E-state index in [2.05, 4.69) is 13.8 Å². The standard InChI is InChI=1S/C10H23NO2/c1-9(2,6-11)7-13-8-10(3,4)12-5/h6-8,11H2,1-5H3. The monoisotopic (exact) mass is 189 g/mol. The molecule has 0 saturated carbocycles. The zero-order chi connectivity index (χ0) is 10.5. The van der Waals surface area contributed by atoms with Gasteiger partial charge in [0.15, 0.2) is 0 Å². The Kier molecular flexibility index (Phi) is 4.89. The molecule has 0 aromatic rings. The van der Waals surface area contributed by atoms with Crippen LogP contribution in [0.1, 0.15) is 27.7 Å². The molecule has 0 aliphatic carbocycles. The first kappa shape index (κ1) is 12.9. The average Bonchev–Trinajstić information content (AvgIpc) is 2.04. The molecule has 0 aromatic heterocycles. The summed E-state index contributed by atoms with van der Waals surface area (Å²) in [6.07, 6.45) is 0. The van der Waals surface area contributed by atoms with Crippen LogP contribution >= 0.6 is 0 Å². The summed E-state index contributed by atoms with van der Waals surface area (Å²) in [6.45, 7) is 10.1. The molecular formula is C10H23NO2. The van der Waals surface area contributed by atoms with Gasteiger partial charge in [-0.15, -0.1) is 0 Å². The van der Waals surface area contributed by atoms with Crippen molar-refractivity contribution >= 4 is 0 Å². The molecule has 0 atom stereocenters. The van der Waals surface area contributed by atoms with Gasteiger partial charge < -0.3 is 15.2 Å². The van der Waals surface area contributed by atoms with Crippen LogP contribution in [0.2, 0.25) is 0 Å². The van der Waals surface area contributed by atoms with Crippen LogP contribution in [0.5, 0.6) is 0 Å². The van der Waals surface area contributed by atoms with Gasteiger partial charge >= 0.3 is 0 Å². The minimum Gasteiger partial charge on any atom is -0.378 e. The van der Waals surface area contributed by atoms with E-state index in [0.717, 1.165) is 0 Å². The van der Waals surface area contributed by atoms with Crippen LogP contribution in [0, 0.1) is 5.41 Å². The fourth-order valence-corrected chi connectivity index (χ4v) is 0.691. The maximum absolute atomic E-state index is 5.58. The number of ether oxygens (including phenoxy) is 2. The molecule has 0 radical (unpaired) electrons. The molecule has 0 amide bonds. The molecule has 0 aliphatic rings. The average molecular weight is 189 g/mol. The topological polar surface area (TPSA) is 44.5 Å². The quantitative estimate of drug-likeness (QED) is 0.687. The summed E-state index contributed by atoms with van der Waals surface area (Å²) in [5.74, 6) is 0. The van der Waals surface area contributed by atoms with E-state index in [-0.39, 0.29) is 11.0 Å². The molecule has 0 aliphatic heterocycles. The lowest BCUT2D eigenvalue weighted by Crippen LogP contribution is -2.34. The molecule has 0 saturated heterocycles. The van der Waals surface area contributed by atoms with Crippen LogP contribution in [0.4, 0.5) is 0 Å². The Labute approximate surface area is 81.6 Å². The van der Waals surface area contributed by atoms with Gasteiger partial charge in [0.2, 0.25) is 0 Å². The molecule has 0 spiro atoms. The molecule has 2 N–H and O–H groups in total. The van der Waals surface area contributed by atoms with Gasteiger partial charge in [-0.25, -0.2) is 0 Å². The first-order chi connectivity index (χ1) is 5.83. The van der Waals surface area contributed by atoms with Gasteiger partial charge in [-0.05, 0) is 20.4 Å². The lowest BCUT2D eigenvalue weighted by atomic mass is 9.95. The summed E-state index contributed by atoms with van der Waals surface area (Å²) < 4.78 is 10.8. The van der Waals surface area contributed by atoms with Crippen LogP contribution in [0.25, 0.3) is 0 Å². The predicted molar refractivity (Wildman–Crippen MR) is 54.7 cm³/mol. The highest BCUT2D eigenvalue weighted by Crippen LogP contribution is 2.15. The lowest BCUT2D eigenvalue weighted by molar-refractivity contribution is -0.0649. The molecule has 0 aromatic carbocycles. The van der Waals surface area contributed by atoms with E-state index >= 15 is 0 Å². The Morgan fingerprint density at radius 2 is 1.62 bits per heavy atom. The van der Waals surface area contributed by atoms with E-state index in [1.165, 1.54) is 0 Å². The third kappa shape index (κ3) is 6.02. The van der Waals surface area contributed by atoms with Crippen molar-refractivity contribution < 1.29 is 9.47 Å². The predicted octanol–water partition coefficient (Wildman–Crippen LogP) is 1.41. The largest absolute Gasteiger partial charge is 0.378 e. The summed E-state index contributed by atoms with van der Waals surface area (Å²) in [5, 5.41) is 0. The Balaban J connectivity index is 3.68. The van der Waals surface area contributed by atoms with Crippen molar-refractivity contribution in [1.82, 2.24) is 0 Å². The molecule has 0 heterocycles. The molecule has 13 heavy (non-hydrogen) atoms. The third-order valence-electron chi connectivity index (χ3n) is 2.05. The zero-order valence-electron chi connectivity index (χ0n) is 9.52. The molecule has 80 valence electrons. The molecule has 0 fully saturated rings. The second-order valence-electron chi connectivity index (χ2n) is 4.82. The van der Waals surface area contributed by atoms with E-state index in [1.807, 2.05) is 13.8 Å². The number of hydrogen-bond donors (Lipinski definition) is 1. The van der Waals surface area contributed by atoms with Crippen LogP contribution < -0.4 is 5.73 Å². The second-order valence-corrected chi connectivity index (χ2v) is 4.82. The van der Waals surface area contributed by atoms with Gasteiger partial charge in [0.1, 0.15) is 0 Å². The maximum atomic E-state index is 5.58. The van der Waals surface area contributed by atoms with Crippen molar-refractivity contribution in [3.8, 4) is 0 Å². The summed E-state index contributed by atoms with van der Waals surface area (Å²) >= 11 is 0. The number of rotatable bonds is 6. The lowest BCUT2D eigenvalue weighted by Gasteiger charge is -2.27. The smallest absolute Gasteiger partial charge is 0.0855 e. The molecule has 0 unspecified atom stereocenters. The fourth-order valence-electron chi connectivity index (χ4n) is 0.691. The van der Waals surface area contributed by atoms with Crippen LogP contribution in [-0.4, -0.2) is 32.5 Å². The van der Waals surface area contributed by atoms with Gasteiger partial charge in [-0.1, -0.05) is 13.8 Å². The Morgan fingerprint density at radius 3 is 2.00 bits per heavy atom. The Bertz CT molecular complexity index is 128. The SMILES string of the molecule is COC(C)(C)COCC(C)(C)CN. The summed E-state index contributed by atoms with van der Waals surface area (Å²) in [7, 11) is 1.69. The van der Waals surface area contributed by atoms with Gasteiger partial charge in [-0.3, -0.25) is 0 Å². The third-order valence-corrected chi connectivity index (χ3v) is 2.05. The summed E-state index contributed by atoms with van der Waals surface area (Å²) in [6, 6.07) is 0. The van der Waals surface area contributed by atoms with Crippen molar-refractivity contribution in [2.75, 3.05) is 26.9 Å². The van der Waals surface area contributed by atoms with Crippen molar-refractivity contribution in [2.45, 2.75) is 33.3 Å². The van der Waals surface area contributed by atoms with Gasteiger partial charge in [-0.2, -0.15) is 0 Å². The number of hydrogen-bond acceptors (Lipinski definition) is 3. The van der Waals surface area contributed by atoms with Crippen molar-refractivity contribution in [3.63, 3.8) is 0 Å². The van der Waals surface area contributed by atoms with Crippen LogP contribution in [0.3, 0.4) is 0 Å². The minimum atomic E-state index is -0.204. The molecular weight excluding hydrogens is 166 g/mol. The number of methoxy groups -OCH3 is 1. The first-order valence-electron chi connectivity index (χ1n) is 4.66. The van der Waals surface area contributed by atoms with E-state index in [0.29, 0.717) is 19.8 Å². The fraction of sp³-hybridized carbons (Fsp3) is 1.00. The van der Waals surface area contributed by atoms with E-state index < -0.39 is 0 Å². The Morgan fingerprint density at radius 1 is 1.08 bits per heavy atom. The van der Waals surface area contributed by atoms with Crippen molar-refractivity contribution in [1.29, 1.82) is 0 Å². The van der Waals surface area contributed by atoms with Crippen LogP contribution in [0.15, 0.2) is 0 Å². The second kappa shape index (κ2) is 4.94. The van der Waals surface area contributed by atoms with Crippen molar-refractivity contribution in [3.05, 3.63) is 0 Å². The van der Waals surface area contributed by atoms with Gasteiger partial charge in [0.05, 0.1) is 18.8 Å². The van der Waals surface area contributed by atoms with E-state index in [9.17, 15) is 0 Å². The highest BCUT2D eigenvalue weighted by Gasteiger charge is 2.20. The van der Waals surface area contributed by atoms with E-state index in [4.69, 9.17) is 15.2 Å². The van der Waals surface area contributed by atoms with Crippen LogP contribution in [-0.2, 0) is 9.47 Å². The number of nitrogens with two attached hydrogens (primary N) is 1. The summed E-state index contributed by atoms with van der Waals surface area (Å²) in [5.41, 5.74) is 5.43. The molecule has 0 rings (SSSR count). The highest BCUT2D eigenvalue weighted by molar-refractivity contribution is 4.71. The zero-order valence-corrected chi connectivity index (χ0v) is 9.52. The molecule has 3 heteroatoms. The van der Waals surface area contributed by atoms with Gasteiger partial charge in [0, 0.05) is 12.5 Å². The highest BCUT2D eigenvalue weighted by atomic mass is 16.5. The van der Waals surface area contributed by atoms with Gasteiger partial charge in [0.25, 0.3) is 0 Å². The maximum Gasteiger partial charge on any atom is 0.0855 e.